The summed E-state index contributed by atoms with van der Waals surface area (Å²) in [5.41, 5.74) is 0.674. The number of carbonyl (C=O) groups excluding carboxylic acids is 1. The molecule has 0 aliphatic carbocycles. The van der Waals surface area contributed by atoms with E-state index in [-0.39, 0.29) is 11.3 Å². The molecule has 0 spiro atoms. The van der Waals surface area contributed by atoms with E-state index in [0.29, 0.717) is 5.13 Å². The first kappa shape index (κ1) is 18.1. The van der Waals surface area contributed by atoms with Crippen molar-refractivity contribution in [3.63, 3.8) is 0 Å². The van der Waals surface area contributed by atoms with Gasteiger partial charge in [-0.25, -0.2) is 0 Å². The highest BCUT2D eigenvalue weighted by Crippen LogP contribution is 2.35. The molecule has 0 N–H and O–H groups in total. The number of nitrogens with zero attached hydrogens (tertiary/aromatic N) is 4. The third-order valence-electron chi connectivity index (χ3n) is 4.33. The Labute approximate surface area is 146 Å². The molecular formula is C16H24N4OS2. The van der Waals surface area contributed by atoms with E-state index in [1.807, 2.05) is 12.5 Å². The maximum absolute atomic E-state index is 13.0. The van der Waals surface area contributed by atoms with Crippen molar-refractivity contribution in [2.45, 2.75) is 33.1 Å². The predicted molar refractivity (Wildman–Crippen MR) is 101 cm³/mol. The number of thioether (sulfide) groups is 1. The number of hydrogen-bond donors (Lipinski definition) is 0. The lowest BCUT2D eigenvalue weighted by molar-refractivity contribution is -0.127. The smallest absolute Gasteiger partial charge is 0.235 e. The molecule has 1 amide bonds. The van der Waals surface area contributed by atoms with Crippen LogP contribution in [0.3, 0.4) is 0 Å². The van der Waals surface area contributed by atoms with Crippen LogP contribution in [0.25, 0.3) is 5.57 Å². The zero-order valence-electron chi connectivity index (χ0n) is 14.2. The average molecular weight is 353 g/mol. The molecule has 0 aromatic carbocycles. The molecule has 7 heteroatoms. The van der Waals surface area contributed by atoms with E-state index in [4.69, 9.17) is 0 Å². The lowest BCUT2D eigenvalue weighted by Gasteiger charge is -2.32. The Balaban J connectivity index is 2.21. The van der Waals surface area contributed by atoms with Crippen LogP contribution >= 0.6 is 23.1 Å². The van der Waals surface area contributed by atoms with Crippen LogP contribution in [0.15, 0.2) is 11.1 Å². The second kappa shape index (κ2) is 8.06. The van der Waals surface area contributed by atoms with Gasteiger partial charge < -0.3 is 0 Å². The monoisotopic (exact) mass is 352 g/mol. The fourth-order valence-electron chi connectivity index (χ4n) is 2.66. The van der Waals surface area contributed by atoms with Crippen LogP contribution in [0.5, 0.6) is 0 Å². The van der Waals surface area contributed by atoms with Crippen molar-refractivity contribution in [2.24, 2.45) is 10.4 Å². The van der Waals surface area contributed by atoms with Gasteiger partial charge in [-0.2, -0.15) is 11.8 Å². The molecule has 1 aliphatic rings. The van der Waals surface area contributed by atoms with Crippen molar-refractivity contribution in [3.8, 4) is 0 Å². The number of rotatable bonds is 7. The Morgan fingerprint density at radius 2 is 2.13 bits per heavy atom. The van der Waals surface area contributed by atoms with Gasteiger partial charge in [-0.1, -0.05) is 31.3 Å². The van der Waals surface area contributed by atoms with Gasteiger partial charge in [0.05, 0.1) is 5.41 Å². The van der Waals surface area contributed by atoms with Crippen molar-refractivity contribution < 1.29 is 4.79 Å². The molecule has 0 atom stereocenters. The highest BCUT2D eigenvalue weighted by Gasteiger charge is 2.37. The van der Waals surface area contributed by atoms with Crippen molar-refractivity contribution in [1.82, 2.24) is 10.2 Å². The molecule has 0 radical (unpaired) electrons. The summed E-state index contributed by atoms with van der Waals surface area (Å²) < 4.78 is 0. The fraction of sp³-hybridized carbons (Fsp3) is 0.625. The molecule has 1 aromatic rings. The predicted octanol–water partition coefficient (Wildman–Crippen LogP) is 3.53. The fourth-order valence-corrected chi connectivity index (χ4v) is 4.55. The molecule has 5 nitrogen and oxygen atoms in total. The maximum atomic E-state index is 13.0. The third kappa shape index (κ3) is 3.83. The van der Waals surface area contributed by atoms with Gasteiger partial charge in [0.2, 0.25) is 11.0 Å². The first-order valence-electron chi connectivity index (χ1n) is 7.89. The lowest BCUT2D eigenvalue weighted by Crippen LogP contribution is -2.43. The minimum Gasteiger partial charge on any atom is -0.292 e. The molecule has 0 saturated carbocycles. The minimum absolute atomic E-state index is 0.130. The number of dihydropyridines is 1. The number of aliphatic imine (C=N–C) groups is 1. The Morgan fingerprint density at radius 1 is 1.39 bits per heavy atom. The second-order valence-electron chi connectivity index (χ2n) is 5.66. The Bertz CT molecular complexity index is 605. The number of anilines is 1. The molecular weight excluding hydrogens is 328 g/mol. The first-order chi connectivity index (χ1) is 11.1. The van der Waals surface area contributed by atoms with E-state index in [1.54, 1.807) is 23.7 Å². The van der Waals surface area contributed by atoms with Crippen LogP contribution in [-0.2, 0) is 4.79 Å². The Kier molecular flexibility index (Phi) is 6.35. The van der Waals surface area contributed by atoms with Gasteiger partial charge in [-0.3, -0.25) is 14.7 Å². The van der Waals surface area contributed by atoms with Gasteiger partial charge in [-0.05, 0) is 25.5 Å². The summed E-state index contributed by atoms with van der Waals surface area (Å²) >= 11 is 3.17. The van der Waals surface area contributed by atoms with Gasteiger partial charge in [0.15, 0.2) is 5.01 Å². The SMILES string of the molecule is CCC(CC)(CSC)C(=O)N(C)c1nnc(C2=CCCN=C2)s1. The summed E-state index contributed by atoms with van der Waals surface area (Å²) in [4.78, 5) is 19.0. The van der Waals surface area contributed by atoms with Gasteiger partial charge in [-0.15, -0.1) is 10.2 Å². The van der Waals surface area contributed by atoms with Crippen molar-refractivity contribution in [3.05, 3.63) is 11.1 Å². The topological polar surface area (TPSA) is 58.5 Å². The molecule has 1 aliphatic heterocycles. The molecule has 23 heavy (non-hydrogen) atoms. The quantitative estimate of drug-likeness (QED) is 0.753. The van der Waals surface area contributed by atoms with E-state index in [0.717, 1.165) is 42.1 Å². The van der Waals surface area contributed by atoms with Crippen LogP contribution in [0.4, 0.5) is 5.13 Å². The first-order valence-corrected chi connectivity index (χ1v) is 10.1. The molecule has 2 rings (SSSR count). The highest BCUT2D eigenvalue weighted by atomic mass is 32.2. The average Bonchev–Trinajstić information content (AvgIpc) is 3.09. The van der Waals surface area contributed by atoms with Crippen molar-refractivity contribution in [1.29, 1.82) is 0 Å². The lowest BCUT2D eigenvalue weighted by atomic mass is 9.83. The Morgan fingerprint density at radius 3 is 2.70 bits per heavy atom. The van der Waals surface area contributed by atoms with Crippen LogP contribution in [0, 0.1) is 5.41 Å². The van der Waals surface area contributed by atoms with Crippen LogP contribution < -0.4 is 4.90 Å². The van der Waals surface area contributed by atoms with E-state index in [9.17, 15) is 4.79 Å². The van der Waals surface area contributed by atoms with Gasteiger partial charge >= 0.3 is 0 Å². The van der Waals surface area contributed by atoms with E-state index in [2.05, 4.69) is 35.1 Å². The maximum Gasteiger partial charge on any atom is 0.235 e. The molecule has 0 fully saturated rings. The highest BCUT2D eigenvalue weighted by molar-refractivity contribution is 7.98. The van der Waals surface area contributed by atoms with Gasteiger partial charge in [0.25, 0.3) is 0 Å². The van der Waals surface area contributed by atoms with Crippen LogP contribution in [0.1, 0.15) is 38.1 Å². The van der Waals surface area contributed by atoms with Crippen molar-refractivity contribution in [2.75, 3.05) is 30.5 Å². The zero-order valence-corrected chi connectivity index (χ0v) is 15.8. The second-order valence-corrected chi connectivity index (χ2v) is 7.48. The summed E-state index contributed by atoms with van der Waals surface area (Å²) in [7, 11) is 1.80. The summed E-state index contributed by atoms with van der Waals surface area (Å²) in [6, 6.07) is 0. The third-order valence-corrected chi connectivity index (χ3v) is 6.22. The van der Waals surface area contributed by atoms with E-state index >= 15 is 0 Å². The van der Waals surface area contributed by atoms with Crippen molar-refractivity contribution >= 4 is 45.9 Å². The van der Waals surface area contributed by atoms with E-state index in [1.165, 1.54) is 11.3 Å². The molecule has 126 valence electrons. The minimum atomic E-state index is -0.328. The normalized spacial score (nSPS) is 14.7. The van der Waals surface area contributed by atoms with Gasteiger partial charge in [0.1, 0.15) is 0 Å². The summed E-state index contributed by atoms with van der Waals surface area (Å²) in [5, 5.41) is 9.93. The number of amides is 1. The number of allylic oxidation sites excluding steroid dienone is 1. The summed E-state index contributed by atoms with van der Waals surface area (Å²) in [6.07, 6.45) is 8.60. The molecule has 0 saturated heterocycles. The van der Waals surface area contributed by atoms with Crippen LogP contribution in [0.2, 0.25) is 0 Å². The number of aromatic nitrogens is 2. The summed E-state index contributed by atoms with van der Waals surface area (Å²) in [5.74, 6) is 0.956. The standard InChI is InChI=1S/C16H24N4OS2/c1-5-16(6-2,11-22-4)14(21)20(3)15-19-18-13(23-15)12-8-7-9-17-10-12/h8,10H,5-7,9,11H2,1-4H3. The largest absolute Gasteiger partial charge is 0.292 e. The molecule has 2 heterocycles. The zero-order chi connectivity index (χ0) is 16.9. The number of hydrogen-bond acceptors (Lipinski definition) is 6. The number of carbonyl (C=O) groups is 1. The molecule has 0 bridgehead atoms. The van der Waals surface area contributed by atoms with Crippen LogP contribution in [-0.4, -0.2) is 47.9 Å². The molecule has 1 aromatic heterocycles. The Hall–Kier alpha value is -1.21. The molecule has 0 unspecified atom stereocenters. The van der Waals surface area contributed by atoms with Gasteiger partial charge in [0, 0.05) is 31.1 Å². The van der Waals surface area contributed by atoms with E-state index < -0.39 is 0 Å². The summed E-state index contributed by atoms with van der Waals surface area (Å²) in [6.45, 7) is 5.00.